The molecule has 2 nitrogen and oxygen atoms in total. The van der Waals surface area contributed by atoms with E-state index < -0.39 is 12.2 Å². The first-order valence-electron chi connectivity index (χ1n) is 4.85. The van der Waals surface area contributed by atoms with Crippen molar-refractivity contribution >= 4 is 0 Å². The molecule has 2 heteroatoms. The second kappa shape index (κ2) is 5.55. The second-order valence-electron chi connectivity index (χ2n) is 3.89. The molecule has 0 aromatic carbocycles. The molecule has 3 atom stereocenters. The third kappa shape index (κ3) is 4.07. The molecule has 0 bridgehead atoms. The maximum Gasteiger partial charge on any atom is 0.0564 e. The van der Waals surface area contributed by atoms with Crippen LogP contribution in [0.3, 0.4) is 0 Å². The SMILES string of the molecule is CCC(C)CC(C(C)O)C(C)O. The molecular weight excluding hydrogens is 152 g/mol. The van der Waals surface area contributed by atoms with E-state index in [1.54, 1.807) is 13.8 Å². The maximum absolute atomic E-state index is 9.37. The van der Waals surface area contributed by atoms with Crippen LogP contribution in [0.5, 0.6) is 0 Å². The lowest BCUT2D eigenvalue weighted by Crippen LogP contribution is -2.29. The fraction of sp³-hybridized carbons (Fsp3) is 1.00. The van der Waals surface area contributed by atoms with Gasteiger partial charge in [0.05, 0.1) is 12.2 Å². The minimum absolute atomic E-state index is 0.0277. The lowest BCUT2D eigenvalue weighted by Gasteiger charge is -2.25. The van der Waals surface area contributed by atoms with Gasteiger partial charge in [-0.15, -0.1) is 0 Å². The highest BCUT2D eigenvalue weighted by Crippen LogP contribution is 2.21. The summed E-state index contributed by atoms with van der Waals surface area (Å²) in [6, 6.07) is 0. The molecule has 12 heavy (non-hydrogen) atoms. The Labute approximate surface area is 75.6 Å². The van der Waals surface area contributed by atoms with Gasteiger partial charge in [0.1, 0.15) is 0 Å². The standard InChI is InChI=1S/C10H22O2/c1-5-7(2)6-10(8(3)11)9(4)12/h7-12H,5-6H2,1-4H3. The van der Waals surface area contributed by atoms with Crippen LogP contribution in [0, 0.1) is 11.8 Å². The van der Waals surface area contributed by atoms with Crippen LogP contribution in [0.2, 0.25) is 0 Å². The summed E-state index contributed by atoms with van der Waals surface area (Å²) >= 11 is 0. The Hall–Kier alpha value is -0.0800. The molecule has 0 spiro atoms. The third-order valence-electron chi connectivity index (χ3n) is 2.61. The molecule has 74 valence electrons. The predicted octanol–water partition coefficient (Wildman–Crippen LogP) is 1.80. The van der Waals surface area contributed by atoms with Crippen molar-refractivity contribution in [2.75, 3.05) is 0 Å². The fourth-order valence-electron chi connectivity index (χ4n) is 1.43. The second-order valence-corrected chi connectivity index (χ2v) is 3.89. The van der Waals surface area contributed by atoms with E-state index in [2.05, 4.69) is 13.8 Å². The van der Waals surface area contributed by atoms with Gasteiger partial charge in [0.2, 0.25) is 0 Å². The van der Waals surface area contributed by atoms with Crippen molar-refractivity contribution in [3.8, 4) is 0 Å². The largest absolute Gasteiger partial charge is 0.393 e. The van der Waals surface area contributed by atoms with Gasteiger partial charge in [-0.25, -0.2) is 0 Å². The van der Waals surface area contributed by atoms with Crippen LogP contribution in [0.1, 0.15) is 40.5 Å². The first-order valence-corrected chi connectivity index (χ1v) is 4.85. The lowest BCUT2D eigenvalue weighted by molar-refractivity contribution is 0.0192. The highest BCUT2D eigenvalue weighted by Gasteiger charge is 2.21. The number of aliphatic hydroxyl groups excluding tert-OH is 2. The molecule has 0 saturated carbocycles. The van der Waals surface area contributed by atoms with Gasteiger partial charge >= 0.3 is 0 Å². The molecule has 3 unspecified atom stereocenters. The van der Waals surface area contributed by atoms with Gasteiger partial charge in [0.25, 0.3) is 0 Å². The van der Waals surface area contributed by atoms with Gasteiger partial charge in [0.15, 0.2) is 0 Å². The van der Waals surface area contributed by atoms with Crippen molar-refractivity contribution in [3.05, 3.63) is 0 Å². The Morgan fingerprint density at radius 3 is 1.67 bits per heavy atom. The molecule has 2 N–H and O–H groups in total. The zero-order valence-electron chi connectivity index (χ0n) is 8.62. The predicted molar refractivity (Wildman–Crippen MR) is 50.9 cm³/mol. The van der Waals surface area contributed by atoms with Crippen molar-refractivity contribution in [2.24, 2.45) is 11.8 Å². The minimum Gasteiger partial charge on any atom is -0.393 e. The average molecular weight is 174 g/mol. The van der Waals surface area contributed by atoms with Crippen LogP contribution >= 0.6 is 0 Å². The molecule has 0 aromatic rings. The topological polar surface area (TPSA) is 40.5 Å². The normalized spacial score (nSPS) is 21.5. The zero-order chi connectivity index (χ0) is 9.72. The minimum atomic E-state index is -0.404. The molecule has 0 fully saturated rings. The van der Waals surface area contributed by atoms with Crippen LogP contribution in [-0.2, 0) is 0 Å². The molecule has 0 heterocycles. The van der Waals surface area contributed by atoms with Crippen molar-refractivity contribution in [3.63, 3.8) is 0 Å². The van der Waals surface area contributed by atoms with Crippen molar-refractivity contribution < 1.29 is 10.2 Å². The first kappa shape index (κ1) is 11.9. The van der Waals surface area contributed by atoms with Gasteiger partial charge < -0.3 is 10.2 Å². The molecule has 0 saturated heterocycles. The molecule has 0 aliphatic carbocycles. The Bertz CT molecular complexity index is 102. The van der Waals surface area contributed by atoms with E-state index in [1.807, 2.05) is 0 Å². The summed E-state index contributed by atoms with van der Waals surface area (Å²) < 4.78 is 0. The van der Waals surface area contributed by atoms with Crippen molar-refractivity contribution in [1.29, 1.82) is 0 Å². The average Bonchev–Trinajstić information content (AvgIpc) is 1.98. The van der Waals surface area contributed by atoms with E-state index in [0.717, 1.165) is 12.8 Å². The van der Waals surface area contributed by atoms with Crippen molar-refractivity contribution in [1.82, 2.24) is 0 Å². The Morgan fingerprint density at radius 2 is 1.42 bits per heavy atom. The van der Waals surface area contributed by atoms with E-state index in [0.29, 0.717) is 5.92 Å². The molecule has 0 amide bonds. The summed E-state index contributed by atoms with van der Waals surface area (Å²) in [5, 5.41) is 18.7. The smallest absolute Gasteiger partial charge is 0.0564 e. The first-order chi connectivity index (χ1) is 5.49. The van der Waals surface area contributed by atoms with E-state index in [1.165, 1.54) is 0 Å². The Morgan fingerprint density at radius 1 is 1.00 bits per heavy atom. The Kier molecular flexibility index (Phi) is 5.51. The van der Waals surface area contributed by atoms with E-state index in [9.17, 15) is 10.2 Å². The number of hydrogen-bond donors (Lipinski definition) is 2. The summed E-state index contributed by atoms with van der Waals surface area (Å²) in [5.41, 5.74) is 0. The molecular formula is C10H22O2. The molecule has 0 radical (unpaired) electrons. The molecule has 0 aliphatic rings. The molecule has 0 rings (SSSR count). The van der Waals surface area contributed by atoms with E-state index >= 15 is 0 Å². The Balaban J connectivity index is 3.95. The maximum atomic E-state index is 9.37. The van der Waals surface area contributed by atoms with Crippen LogP contribution in [0.25, 0.3) is 0 Å². The van der Waals surface area contributed by atoms with Gasteiger partial charge in [-0.3, -0.25) is 0 Å². The molecule has 0 aliphatic heterocycles. The lowest BCUT2D eigenvalue weighted by atomic mass is 9.87. The molecule has 0 aromatic heterocycles. The summed E-state index contributed by atoms with van der Waals surface area (Å²) in [6.07, 6.45) is 1.21. The fourth-order valence-corrected chi connectivity index (χ4v) is 1.43. The number of rotatable bonds is 5. The van der Waals surface area contributed by atoms with Crippen molar-refractivity contribution in [2.45, 2.75) is 52.7 Å². The quantitative estimate of drug-likeness (QED) is 0.667. The van der Waals surface area contributed by atoms with E-state index in [-0.39, 0.29) is 5.92 Å². The summed E-state index contributed by atoms with van der Waals surface area (Å²) in [6.45, 7) is 7.78. The van der Waals surface area contributed by atoms with Crippen LogP contribution < -0.4 is 0 Å². The van der Waals surface area contributed by atoms with E-state index in [4.69, 9.17) is 0 Å². The summed E-state index contributed by atoms with van der Waals surface area (Å²) in [7, 11) is 0. The summed E-state index contributed by atoms with van der Waals surface area (Å²) in [4.78, 5) is 0. The van der Waals surface area contributed by atoms with Gasteiger partial charge in [-0.05, 0) is 26.2 Å². The number of aliphatic hydroxyl groups is 2. The number of hydrogen-bond acceptors (Lipinski definition) is 2. The monoisotopic (exact) mass is 174 g/mol. The van der Waals surface area contributed by atoms with Gasteiger partial charge in [-0.1, -0.05) is 20.3 Å². The highest BCUT2D eigenvalue weighted by molar-refractivity contribution is 4.72. The zero-order valence-corrected chi connectivity index (χ0v) is 8.62. The highest BCUT2D eigenvalue weighted by atomic mass is 16.3. The summed E-state index contributed by atoms with van der Waals surface area (Å²) in [5.74, 6) is 0.610. The third-order valence-corrected chi connectivity index (χ3v) is 2.61. The van der Waals surface area contributed by atoms with Crippen LogP contribution in [-0.4, -0.2) is 22.4 Å². The van der Waals surface area contributed by atoms with Gasteiger partial charge in [-0.2, -0.15) is 0 Å². The van der Waals surface area contributed by atoms with Crippen LogP contribution in [0.15, 0.2) is 0 Å². The van der Waals surface area contributed by atoms with Crippen LogP contribution in [0.4, 0.5) is 0 Å². The van der Waals surface area contributed by atoms with Gasteiger partial charge in [0, 0.05) is 5.92 Å².